The summed E-state index contributed by atoms with van der Waals surface area (Å²) in [5, 5.41) is 3.39. The number of esters is 1. The maximum atomic E-state index is 11.7. The van der Waals surface area contributed by atoms with Crippen molar-refractivity contribution in [3.8, 4) is 0 Å². The SMILES string of the molecule is CCCN(Cc1occc1C(=O)OC)C1CCNCC1. The van der Waals surface area contributed by atoms with Gasteiger partial charge in [-0.05, 0) is 45.0 Å². The third-order valence-electron chi connectivity index (χ3n) is 3.83. The minimum absolute atomic E-state index is 0.324. The normalized spacial score (nSPS) is 16.6. The molecule has 0 aromatic carbocycles. The van der Waals surface area contributed by atoms with Gasteiger partial charge in [0.25, 0.3) is 0 Å². The summed E-state index contributed by atoms with van der Waals surface area (Å²) < 4.78 is 10.3. The molecule has 112 valence electrons. The molecule has 1 aromatic heterocycles. The number of carbonyl (C=O) groups is 1. The number of piperidine rings is 1. The van der Waals surface area contributed by atoms with E-state index in [1.807, 2.05) is 0 Å². The lowest BCUT2D eigenvalue weighted by molar-refractivity contribution is 0.0594. The number of methoxy groups -OCH3 is 1. The van der Waals surface area contributed by atoms with E-state index in [4.69, 9.17) is 9.15 Å². The highest BCUT2D eigenvalue weighted by atomic mass is 16.5. The van der Waals surface area contributed by atoms with Gasteiger partial charge in [0.1, 0.15) is 11.3 Å². The maximum Gasteiger partial charge on any atom is 0.341 e. The Balaban J connectivity index is 2.07. The highest BCUT2D eigenvalue weighted by Gasteiger charge is 2.24. The van der Waals surface area contributed by atoms with Crippen LogP contribution in [0.4, 0.5) is 0 Å². The Morgan fingerprint density at radius 3 is 2.90 bits per heavy atom. The Labute approximate surface area is 120 Å². The quantitative estimate of drug-likeness (QED) is 0.808. The lowest BCUT2D eigenvalue weighted by atomic mass is 10.0. The predicted octanol–water partition coefficient (Wildman–Crippen LogP) is 2.03. The largest absolute Gasteiger partial charge is 0.467 e. The Morgan fingerprint density at radius 1 is 1.50 bits per heavy atom. The molecule has 0 bridgehead atoms. The van der Waals surface area contributed by atoms with Crippen molar-refractivity contribution in [2.45, 2.75) is 38.8 Å². The first-order valence-electron chi connectivity index (χ1n) is 7.35. The van der Waals surface area contributed by atoms with Crippen molar-refractivity contribution >= 4 is 5.97 Å². The summed E-state index contributed by atoms with van der Waals surface area (Å²) in [6.45, 7) is 6.00. The fraction of sp³-hybridized carbons (Fsp3) is 0.667. The Morgan fingerprint density at radius 2 is 2.25 bits per heavy atom. The molecule has 1 fully saturated rings. The number of furan rings is 1. The molecule has 2 rings (SSSR count). The number of hydrogen-bond acceptors (Lipinski definition) is 5. The molecular formula is C15H24N2O3. The van der Waals surface area contributed by atoms with Gasteiger partial charge in [0, 0.05) is 6.04 Å². The van der Waals surface area contributed by atoms with Crippen molar-refractivity contribution in [3.63, 3.8) is 0 Å². The molecule has 0 spiro atoms. The van der Waals surface area contributed by atoms with Crippen molar-refractivity contribution in [2.24, 2.45) is 0 Å². The van der Waals surface area contributed by atoms with Crippen LogP contribution in [-0.2, 0) is 11.3 Å². The second-order valence-electron chi connectivity index (χ2n) is 5.20. The van der Waals surface area contributed by atoms with E-state index in [2.05, 4.69) is 17.1 Å². The summed E-state index contributed by atoms with van der Waals surface area (Å²) in [5.41, 5.74) is 0.544. The highest BCUT2D eigenvalue weighted by Crippen LogP contribution is 2.19. The van der Waals surface area contributed by atoms with E-state index in [9.17, 15) is 4.79 Å². The molecule has 1 aromatic rings. The zero-order valence-corrected chi connectivity index (χ0v) is 12.4. The minimum atomic E-state index is -0.324. The van der Waals surface area contributed by atoms with Gasteiger partial charge in [-0.3, -0.25) is 4.90 Å². The summed E-state index contributed by atoms with van der Waals surface area (Å²) in [6, 6.07) is 2.25. The van der Waals surface area contributed by atoms with Crippen LogP contribution >= 0.6 is 0 Å². The third kappa shape index (κ3) is 3.61. The van der Waals surface area contributed by atoms with Gasteiger partial charge in [-0.2, -0.15) is 0 Å². The van der Waals surface area contributed by atoms with Gasteiger partial charge in [0.2, 0.25) is 0 Å². The molecule has 1 saturated heterocycles. The summed E-state index contributed by atoms with van der Waals surface area (Å²) in [4.78, 5) is 14.1. The molecule has 5 heteroatoms. The molecule has 0 atom stereocenters. The molecule has 1 aliphatic heterocycles. The zero-order valence-electron chi connectivity index (χ0n) is 12.4. The molecule has 5 nitrogen and oxygen atoms in total. The minimum Gasteiger partial charge on any atom is -0.467 e. The molecule has 2 heterocycles. The number of nitrogens with zero attached hydrogens (tertiary/aromatic N) is 1. The third-order valence-corrected chi connectivity index (χ3v) is 3.83. The molecule has 0 radical (unpaired) electrons. The van der Waals surface area contributed by atoms with Crippen LogP contribution in [-0.4, -0.2) is 43.7 Å². The first-order chi connectivity index (χ1) is 9.76. The average Bonchev–Trinajstić information content (AvgIpc) is 2.95. The van der Waals surface area contributed by atoms with Crippen molar-refractivity contribution < 1.29 is 13.9 Å². The van der Waals surface area contributed by atoms with E-state index in [-0.39, 0.29) is 5.97 Å². The van der Waals surface area contributed by atoms with Crippen LogP contribution in [0, 0.1) is 0 Å². The molecule has 1 N–H and O–H groups in total. The molecule has 0 aliphatic carbocycles. The van der Waals surface area contributed by atoms with Gasteiger partial charge < -0.3 is 14.5 Å². The fourth-order valence-electron chi connectivity index (χ4n) is 2.79. The van der Waals surface area contributed by atoms with E-state index >= 15 is 0 Å². The Bertz CT molecular complexity index is 425. The predicted molar refractivity (Wildman–Crippen MR) is 76.6 cm³/mol. The Hall–Kier alpha value is -1.33. The summed E-state index contributed by atoms with van der Waals surface area (Å²) in [6.07, 6.45) is 4.95. The van der Waals surface area contributed by atoms with E-state index < -0.39 is 0 Å². The van der Waals surface area contributed by atoms with Crippen LogP contribution < -0.4 is 5.32 Å². The second kappa shape index (κ2) is 7.45. The highest BCUT2D eigenvalue weighted by molar-refractivity contribution is 5.90. The van der Waals surface area contributed by atoms with Crippen molar-refractivity contribution in [1.82, 2.24) is 10.2 Å². The topological polar surface area (TPSA) is 54.7 Å². The summed E-state index contributed by atoms with van der Waals surface area (Å²) in [5.74, 6) is 0.388. The standard InChI is InChI=1S/C15H24N2O3/c1-3-9-17(12-4-7-16-8-5-12)11-14-13(6-10-20-14)15(18)19-2/h6,10,12,16H,3-5,7-9,11H2,1-2H3. The van der Waals surface area contributed by atoms with Gasteiger partial charge in [0.15, 0.2) is 0 Å². The number of carbonyl (C=O) groups excluding carboxylic acids is 1. The number of ether oxygens (including phenoxy) is 1. The molecule has 0 saturated carbocycles. The van der Waals surface area contributed by atoms with Gasteiger partial charge in [-0.15, -0.1) is 0 Å². The van der Waals surface area contributed by atoms with Crippen molar-refractivity contribution in [2.75, 3.05) is 26.7 Å². The molecular weight excluding hydrogens is 256 g/mol. The average molecular weight is 280 g/mol. The van der Waals surface area contributed by atoms with Gasteiger partial charge >= 0.3 is 5.97 Å². The van der Waals surface area contributed by atoms with Crippen LogP contribution in [0.25, 0.3) is 0 Å². The van der Waals surface area contributed by atoms with Crippen LogP contribution in [0.15, 0.2) is 16.7 Å². The maximum absolute atomic E-state index is 11.7. The molecule has 0 unspecified atom stereocenters. The van der Waals surface area contributed by atoms with Crippen LogP contribution in [0.2, 0.25) is 0 Å². The lowest BCUT2D eigenvalue weighted by Crippen LogP contribution is -2.43. The molecule has 0 amide bonds. The van der Waals surface area contributed by atoms with Crippen molar-refractivity contribution in [3.05, 3.63) is 23.7 Å². The first-order valence-corrected chi connectivity index (χ1v) is 7.35. The molecule has 20 heavy (non-hydrogen) atoms. The number of hydrogen-bond donors (Lipinski definition) is 1. The van der Waals surface area contributed by atoms with E-state index in [0.29, 0.717) is 23.9 Å². The second-order valence-corrected chi connectivity index (χ2v) is 5.20. The summed E-state index contributed by atoms with van der Waals surface area (Å²) in [7, 11) is 1.40. The fourth-order valence-corrected chi connectivity index (χ4v) is 2.79. The van der Waals surface area contributed by atoms with Gasteiger partial charge in [-0.1, -0.05) is 6.92 Å². The van der Waals surface area contributed by atoms with Crippen LogP contribution in [0.3, 0.4) is 0 Å². The van der Waals surface area contributed by atoms with Gasteiger partial charge in [0.05, 0.1) is 19.9 Å². The monoisotopic (exact) mass is 280 g/mol. The molecule has 1 aliphatic rings. The number of rotatable bonds is 6. The van der Waals surface area contributed by atoms with Gasteiger partial charge in [-0.25, -0.2) is 4.79 Å². The van der Waals surface area contributed by atoms with Crippen molar-refractivity contribution in [1.29, 1.82) is 0 Å². The smallest absolute Gasteiger partial charge is 0.341 e. The van der Waals surface area contributed by atoms with Crippen LogP contribution in [0.1, 0.15) is 42.3 Å². The lowest BCUT2D eigenvalue weighted by Gasteiger charge is -2.34. The van der Waals surface area contributed by atoms with E-state index in [0.717, 1.165) is 38.9 Å². The van der Waals surface area contributed by atoms with Crippen LogP contribution in [0.5, 0.6) is 0 Å². The summed E-state index contributed by atoms with van der Waals surface area (Å²) >= 11 is 0. The zero-order chi connectivity index (χ0) is 14.4. The number of nitrogens with one attached hydrogen (secondary N) is 1. The Kier molecular flexibility index (Phi) is 5.61. The van der Waals surface area contributed by atoms with E-state index in [1.165, 1.54) is 7.11 Å². The van der Waals surface area contributed by atoms with E-state index in [1.54, 1.807) is 12.3 Å². The first kappa shape index (κ1) is 15.1.